The molecule has 1 aromatic carbocycles. The van der Waals surface area contributed by atoms with Crippen LogP contribution in [0.2, 0.25) is 10.0 Å². The Hall–Kier alpha value is -0.820. The fourth-order valence-electron chi connectivity index (χ4n) is 2.43. The molecule has 0 aliphatic carbocycles. The maximum absolute atomic E-state index is 12.6. The molecule has 1 fully saturated rings. The van der Waals surface area contributed by atoms with E-state index >= 15 is 0 Å². The first kappa shape index (κ1) is 16.5. The molecule has 0 aromatic heterocycles. The normalized spacial score (nSPS) is 20.4. The molecule has 0 amide bonds. The third kappa shape index (κ3) is 3.18. The number of benzene rings is 1. The van der Waals surface area contributed by atoms with E-state index in [1.165, 1.54) is 16.4 Å². The number of sulfonamides is 1. The molecule has 1 aromatic rings. The van der Waals surface area contributed by atoms with Gasteiger partial charge in [0, 0.05) is 13.1 Å². The van der Waals surface area contributed by atoms with E-state index in [0.717, 1.165) is 12.8 Å². The topological polar surface area (TPSA) is 74.7 Å². The van der Waals surface area contributed by atoms with E-state index in [4.69, 9.17) is 28.3 Å². The minimum absolute atomic E-state index is 0.0848. The van der Waals surface area contributed by atoms with Crippen molar-refractivity contribution < 1.29 is 18.3 Å². The van der Waals surface area contributed by atoms with Gasteiger partial charge in [0.15, 0.2) is 0 Å². The summed E-state index contributed by atoms with van der Waals surface area (Å²) < 4.78 is 26.6. The minimum Gasteiger partial charge on any atom is -0.478 e. The molecular weight excluding hydrogens is 337 g/mol. The molecule has 1 saturated heterocycles. The van der Waals surface area contributed by atoms with Crippen LogP contribution in [-0.4, -0.2) is 36.9 Å². The molecule has 1 aliphatic heterocycles. The van der Waals surface area contributed by atoms with E-state index in [1.807, 2.05) is 6.92 Å². The van der Waals surface area contributed by atoms with Gasteiger partial charge < -0.3 is 5.11 Å². The van der Waals surface area contributed by atoms with E-state index < -0.39 is 16.0 Å². The average Bonchev–Trinajstić information content (AvgIpc) is 2.37. The van der Waals surface area contributed by atoms with Gasteiger partial charge in [0.1, 0.15) is 4.90 Å². The van der Waals surface area contributed by atoms with Gasteiger partial charge in [-0.25, -0.2) is 13.2 Å². The molecule has 8 heteroatoms. The molecule has 0 spiro atoms. The number of hydrogen-bond acceptors (Lipinski definition) is 3. The van der Waals surface area contributed by atoms with E-state index in [2.05, 4.69) is 0 Å². The van der Waals surface area contributed by atoms with Crippen LogP contribution < -0.4 is 0 Å². The van der Waals surface area contributed by atoms with E-state index in [0.29, 0.717) is 13.1 Å². The molecule has 1 unspecified atom stereocenters. The lowest BCUT2D eigenvalue weighted by Gasteiger charge is -2.30. The largest absolute Gasteiger partial charge is 0.478 e. The molecule has 1 aliphatic rings. The number of hydrogen-bond donors (Lipinski definition) is 1. The van der Waals surface area contributed by atoms with Gasteiger partial charge in [0.25, 0.3) is 0 Å². The lowest BCUT2D eigenvalue weighted by molar-refractivity contribution is 0.0697. The summed E-state index contributed by atoms with van der Waals surface area (Å²) in [6, 6.07) is 2.50. The third-order valence-electron chi connectivity index (χ3n) is 3.51. The highest BCUT2D eigenvalue weighted by atomic mass is 35.5. The summed E-state index contributed by atoms with van der Waals surface area (Å²) in [5.74, 6) is -1.09. The van der Waals surface area contributed by atoms with Gasteiger partial charge >= 0.3 is 5.97 Å². The second-order valence-corrected chi connectivity index (χ2v) is 7.84. The summed E-state index contributed by atoms with van der Waals surface area (Å²) in [7, 11) is -3.82. The minimum atomic E-state index is -3.82. The molecule has 0 radical (unpaired) electrons. The molecule has 0 bridgehead atoms. The quantitative estimate of drug-likeness (QED) is 0.907. The number of nitrogens with zero attached hydrogens (tertiary/aromatic N) is 1. The van der Waals surface area contributed by atoms with Gasteiger partial charge in [-0.3, -0.25) is 0 Å². The Morgan fingerprint density at radius 1 is 1.38 bits per heavy atom. The number of carboxylic acid groups (broad SMARTS) is 1. The highest BCUT2D eigenvalue weighted by molar-refractivity contribution is 7.89. The van der Waals surface area contributed by atoms with Gasteiger partial charge in [0.05, 0.1) is 15.6 Å². The van der Waals surface area contributed by atoms with Crippen LogP contribution in [0.4, 0.5) is 0 Å². The maximum atomic E-state index is 12.6. The molecule has 1 atom stereocenters. The smallest absolute Gasteiger partial charge is 0.338 e. The molecule has 21 heavy (non-hydrogen) atoms. The van der Waals surface area contributed by atoms with Crippen LogP contribution in [0.3, 0.4) is 0 Å². The van der Waals surface area contributed by atoms with Crippen LogP contribution in [0.1, 0.15) is 30.1 Å². The number of piperidine rings is 1. The highest BCUT2D eigenvalue weighted by Crippen LogP contribution is 2.34. The summed E-state index contributed by atoms with van der Waals surface area (Å²) in [5, 5.41) is 8.69. The van der Waals surface area contributed by atoms with Crippen LogP contribution in [0.5, 0.6) is 0 Å². The van der Waals surface area contributed by atoms with Crippen LogP contribution in [0.25, 0.3) is 0 Å². The number of rotatable bonds is 3. The Balaban J connectivity index is 2.50. The van der Waals surface area contributed by atoms with Gasteiger partial charge in [0.2, 0.25) is 10.0 Å². The van der Waals surface area contributed by atoms with Crippen LogP contribution in [0.15, 0.2) is 17.0 Å². The lowest BCUT2D eigenvalue weighted by Crippen LogP contribution is -2.39. The van der Waals surface area contributed by atoms with E-state index in [-0.39, 0.29) is 26.4 Å². The molecule has 2 rings (SSSR count). The summed E-state index contributed by atoms with van der Waals surface area (Å²) >= 11 is 11.8. The first-order chi connectivity index (χ1) is 9.75. The van der Waals surface area contributed by atoms with Crippen molar-refractivity contribution in [1.82, 2.24) is 4.31 Å². The summed E-state index contributed by atoms with van der Waals surface area (Å²) in [6.07, 6.45) is 1.75. The Kier molecular flexibility index (Phi) is 4.82. The van der Waals surface area contributed by atoms with Crippen molar-refractivity contribution in [3.63, 3.8) is 0 Å². The molecule has 1 N–H and O–H groups in total. The Morgan fingerprint density at radius 3 is 2.62 bits per heavy atom. The number of carbonyl (C=O) groups is 1. The van der Waals surface area contributed by atoms with Crippen LogP contribution >= 0.6 is 23.2 Å². The van der Waals surface area contributed by atoms with Crippen molar-refractivity contribution in [2.24, 2.45) is 5.92 Å². The fraction of sp³-hybridized carbons (Fsp3) is 0.462. The van der Waals surface area contributed by atoms with Gasteiger partial charge in [-0.05, 0) is 30.9 Å². The highest BCUT2D eigenvalue weighted by Gasteiger charge is 2.32. The summed E-state index contributed by atoms with van der Waals surface area (Å²) in [4.78, 5) is 11.0. The standard InChI is InChI=1S/C13H15Cl2NO4S/c1-8-3-2-6-16(7-8)21(19,20)10-5-4-9(14)11(12(10)15)13(17)18/h4-5,8H,2-3,6-7H2,1H3,(H,17,18). The Morgan fingerprint density at radius 2 is 2.05 bits per heavy atom. The molecular formula is C13H15Cl2NO4S. The second kappa shape index (κ2) is 6.12. The van der Waals surface area contributed by atoms with Crippen LogP contribution in [-0.2, 0) is 10.0 Å². The summed E-state index contributed by atoms with van der Waals surface area (Å²) in [5.41, 5.74) is -0.385. The molecule has 116 valence electrons. The number of carboxylic acids is 1. The summed E-state index contributed by atoms with van der Waals surface area (Å²) in [6.45, 7) is 2.80. The predicted molar refractivity (Wildman–Crippen MR) is 80.6 cm³/mol. The number of halogens is 2. The molecule has 0 saturated carbocycles. The monoisotopic (exact) mass is 351 g/mol. The first-order valence-corrected chi connectivity index (χ1v) is 8.66. The lowest BCUT2D eigenvalue weighted by atomic mass is 10.0. The molecule has 1 heterocycles. The van der Waals surface area contributed by atoms with Gasteiger partial charge in [-0.15, -0.1) is 0 Å². The van der Waals surface area contributed by atoms with E-state index in [1.54, 1.807) is 0 Å². The predicted octanol–water partition coefficient (Wildman–Crippen LogP) is 3.11. The zero-order valence-corrected chi connectivity index (χ0v) is 13.7. The van der Waals surface area contributed by atoms with Crippen molar-refractivity contribution in [3.05, 3.63) is 27.7 Å². The zero-order valence-electron chi connectivity index (χ0n) is 11.3. The van der Waals surface area contributed by atoms with Gasteiger partial charge in [-0.2, -0.15) is 4.31 Å². The number of aromatic carboxylic acids is 1. The van der Waals surface area contributed by atoms with Crippen molar-refractivity contribution in [2.45, 2.75) is 24.7 Å². The SMILES string of the molecule is CC1CCCN(S(=O)(=O)c2ccc(Cl)c(C(=O)O)c2Cl)C1. The fourth-order valence-corrected chi connectivity index (χ4v) is 4.92. The zero-order chi connectivity index (χ0) is 15.8. The van der Waals surface area contributed by atoms with Crippen molar-refractivity contribution in [3.8, 4) is 0 Å². The van der Waals surface area contributed by atoms with Crippen molar-refractivity contribution in [1.29, 1.82) is 0 Å². The first-order valence-electron chi connectivity index (χ1n) is 6.46. The van der Waals surface area contributed by atoms with E-state index in [9.17, 15) is 13.2 Å². The average molecular weight is 352 g/mol. The third-order valence-corrected chi connectivity index (χ3v) is 6.23. The Bertz CT molecular complexity index is 675. The van der Waals surface area contributed by atoms with Gasteiger partial charge in [-0.1, -0.05) is 30.1 Å². The van der Waals surface area contributed by atoms with Crippen LogP contribution in [0, 0.1) is 5.92 Å². The van der Waals surface area contributed by atoms with Crippen molar-refractivity contribution in [2.75, 3.05) is 13.1 Å². The Labute approximate surface area is 133 Å². The maximum Gasteiger partial charge on any atom is 0.338 e. The molecule has 5 nitrogen and oxygen atoms in total. The van der Waals surface area contributed by atoms with Crippen molar-refractivity contribution >= 4 is 39.2 Å². The second-order valence-electron chi connectivity index (χ2n) is 5.15.